The van der Waals surface area contributed by atoms with Gasteiger partial charge >= 0.3 is 0 Å². The molecule has 0 fully saturated rings. The summed E-state index contributed by atoms with van der Waals surface area (Å²) in [5.74, 6) is 1.15. The molecule has 0 radical (unpaired) electrons. The molecule has 19 heavy (non-hydrogen) atoms. The van der Waals surface area contributed by atoms with E-state index < -0.39 is 0 Å². The maximum absolute atomic E-state index is 5.92. The van der Waals surface area contributed by atoms with Crippen molar-refractivity contribution in [2.24, 2.45) is 0 Å². The van der Waals surface area contributed by atoms with E-state index in [1.54, 1.807) is 30.6 Å². The van der Waals surface area contributed by atoms with Gasteiger partial charge in [0.05, 0.1) is 0 Å². The van der Waals surface area contributed by atoms with Crippen LogP contribution in [0.4, 0.5) is 5.69 Å². The largest absolute Gasteiger partial charge is 0.437 e. The normalized spacial score (nSPS) is 10.6. The van der Waals surface area contributed by atoms with Gasteiger partial charge in [0.1, 0.15) is 5.52 Å². The van der Waals surface area contributed by atoms with Gasteiger partial charge in [-0.15, -0.1) is 0 Å². The Bertz CT molecular complexity index is 728. The first-order chi connectivity index (χ1) is 9.24. The van der Waals surface area contributed by atoms with Crippen LogP contribution in [0.2, 0.25) is 0 Å². The van der Waals surface area contributed by atoms with Crippen LogP contribution in [0.5, 0.6) is 11.6 Å². The maximum Gasteiger partial charge on any atom is 0.219 e. The molecule has 2 N–H and O–H groups in total. The lowest BCUT2D eigenvalue weighted by Gasteiger charge is -2.08. The minimum absolute atomic E-state index is 0.514. The number of aromatic nitrogens is 2. The average molecular weight is 316 g/mol. The van der Waals surface area contributed by atoms with Crippen molar-refractivity contribution in [3.63, 3.8) is 0 Å². The van der Waals surface area contributed by atoms with Crippen molar-refractivity contribution >= 4 is 32.5 Å². The second-order valence-corrected chi connectivity index (χ2v) is 4.88. The molecule has 0 atom stereocenters. The molecule has 0 saturated heterocycles. The van der Waals surface area contributed by atoms with Crippen molar-refractivity contribution in [1.29, 1.82) is 0 Å². The molecule has 0 bridgehead atoms. The Balaban J connectivity index is 2.06. The smallest absolute Gasteiger partial charge is 0.219 e. The van der Waals surface area contributed by atoms with E-state index in [-0.39, 0.29) is 0 Å². The van der Waals surface area contributed by atoms with Gasteiger partial charge in [-0.3, -0.25) is 4.98 Å². The molecule has 3 aromatic rings. The Hall–Kier alpha value is -2.14. The summed E-state index contributed by atoms with van der Waals surface area (Å²) in [6.07, 6.45) is 3.39. The standard InChI is InChI=1S/C14H10BrN3O/c15-9-3-6-13(18-8-9)19-12-5-4-11(16)10-2-1-7-17-14(10)12/h1-8H,16H2. The lowest BCUT2D eigenvalue weighted by Crippen LogP contribution is -1.93. The molecule has 0 saturated carbocycles. The van der Waals surface area contributed by atoms with Gasteiger partial charge in [-0.05, 0) is 46.3 Å². The molecule has 2 heterocycles. The number of hydrogen-bond acceptors (Lipinski definition) is 4. The van der Waals surface area contributed by atoms with E-state index in [1.807, 2.05) is 18.2 Å². The van der Waals surface area contributed by atoms with Gasteiger partial charge in [-0.2, -0.15) is 0 Å². The van der Waals surface area contributed by atoms with Gasteiger partial charge in [0.15, 0.2) is 5.75 Å². The minimum atomic E-state index is 0.514. The molecule has 5 heteroatoms. The Morgan fingerprint density at radius 3 is 2.74 bits per heavy atom. The van der Waals surface area contributed by atoms with E-state index in [1.165, 1.54) is 0 Å². The third kappa shape index (κ3) is 2.37. The van der Waals surface area contributed by atoms with Crippen LogP contribution in [0.1, 0.15) is 0 Å². The second kappa shape index (κ2) is 4.85. The predicted molar refractivity (Wildman–Crippen MR) is 78.2 cm³/mol. The van der Waals surface area contributed by atoms with E-state index in [4.69, 9.17) is 10.5 Å². The van der Waals surface area contributed by atoms with Crippen LogP contribution < -0.4 is 10.5 Å². The molecule has 0 unspecified atom stereocenters. The number of rotatable bonds is 2. The molecule has 0 aliphatic heterocycles. The third-order valence-corrected chi connectivity index (χ3v) is 3.15. The summed E-state index contributed by atoms with van der Waals surface area (Å²) in [5, 5.41) is 0.872. The summed E-state index contributed by atoms with van der Waals surface area (Å²) in [6, 6.07) is 11.0. The van der Waals surface area contributed by atoms with Crippen LogP contribution in [0.25, 0.3) is 10.9 Å². The highest BCUT2D eigenvalue weighted by Crippen LogP contribution is 2.31. The van der Waals surface area contributed by atoms with E-state index in [0.29, 0.717) is 17.3 Å². The van der Waals surface area contributed by atoms with Gasteiger partial charge in [0.25, 0.3) is 0 Å². The highest BCUT2D eigenvalue weighted by atomic mass is 79.9. The maximum atomic E-state index is 5.92. The van der Waals surface area contributed by atoms with Crippen molar-refractivity contribution in [1.82, 2.24) is 9.97 Å². The van der Waals surface area contributed by atoms with Crippen molar-refractivity contribution in [2.75, 3.05) is 5.73 Å². The van der Waals surface area contributed by atoms with Crippen molar-refractivity contribution in [3.8, 4) is 11.6 Å². The number of anilines is 1. The highest BCUT2D eigenvalue weighted by Gasteiger charge is 2.07. The number of pyridine rings is 2. The molecule has 0 amide bonds. The van der Waals surface area contributed by atoms with Gasteiger partial charge in [-0.25, -0.2) is 4.98 Å². The predicted octanol–water partition coefficient (Wildman–Crippen LogP) is 3.77. The SMILES string of the molecule is Nc1ccc(Oc2ccc(Br)cn2)c2ncccc12. The lowest BCUT2D eigenvalue weighted by molar-refractivity contribution is 0.467. The summed E-state index contributed by atoms with van der Waals surface area (Å²) in [4.78, 5) is 8.49. The van der Waals surface area contributed by atoms with Crippen LogP contribution in [0, 0.1) is 0 Å². The summed E-state index contributed by atoms with van der Waals surface area (Å²) in [5.41, 5.74) is 7.33. The molecule has 94 valence electrons. The van der Waals surface area contributed by atoms with Crippen LogP contribution in [0.15, 0.2) is 53.3 Å². The Morgan fingerprint density at radius 1 is 1.05 bits per heavy atom. The van der Waals surface area contributed by atoms with Crippen molar-refractivity contribution < 1.29 is 4.74 Å². The summed E-state index contributed by atoms with van der Waals surface area (Å²) < 4.78 is 6.65. The minimum Gasteiger partial charge on any atom is -0.437 e. The summed E-state index contributed by atoms with van der Waals surface area (Å²) in [7, 11) is 0. The molecular formula is C14H10BrN3O. The zero-order valence-corrected chi connectivity index (χ0v) is 11.5. The van der Waals surface area contributed by atoms with Gasteiger partial charge in [0.2, 0.25) is 5.88 Å². The third-order valence-electron chi connectivity index (χ3n) is 2.68. The average Bonchev–Trinajstić information content (AvgIpc) is 2.45. The quantitative estimate of drug-likeness (QED) is 0.731. The van der Waals surface area contributed by atoms with Crippen LogP contribution in [0.3, 0.4) is 0 Å². The fourth-order valence-corrected chi connectivity index (χ4v) is 2.02. The number of fused-ring (bicyclic) bond motifs is 1. The topological polar surface area (TPSA) is 61.0 Å². The lowest BCUT2D eigenvalue weighted by atomic mass is 10.2. The first-order valence-corrected chi connectivity index (χ1v) is 6.46. The fourth-order valence-electron chi connectivity index (χ4n) is 1.79. The molecule has 0 spiro atoms. The van der Waals surface area contributed by atoms with E-state index >= 15 is 0 Å². The van der Waals surface area contributed by atoms with Crippen LogP contribution in [-0.4, -0.2) is 9.97 Å². The van der Waals surface area contributed by atoms with Crippen LogP contribution in [-0.2, 0) is 0 Å². The Kier molecular flexibility index (Phi) is 3.05. The van der Waals surface area contributed by atoms with E-state index in [0.717, 1.165) is 15.4 Å². The van der Waals surface area contributed by atoms with Crippen molar-refractivity contribution in [3.05, 3.63) is 53.3 Å². The number of nitrogen functional groups attached to an aromatic ring is 1. The van der Waals surface area contributed by atoms with Crippen molar-refractivity contribution in [2.45, 2.75) is 0 Å². The molecule has 1 aromatic carbocycles. The second-order valence-electron chi connectivity index (χ2n) is 3.97. The molecule has 0 aliphatic rings. The molecule has 3 rings (SSSR count). The first-order valence-electron chi connectivity index (χ1n) is 5.66. The zero-order chi connectivity index (χ0) is 13.2. The number of nitrogens with two attached hydrogens (primary N) is 1. The van der Waals surface area contributed by atoms with E-state index in [2.05, 4.69) is 25.9 Å². The van der Waals surface area contributed by atoms with Gasteiger partial charge in [0, 0.05) is 34.0 Å². The first kappa shape index (κ1) is 11.9. The highest BCUT2D eigenvalue weighted by molar-refractivity contribution is 9.10. The number of benzene rings is 1. The number of hydrogen-bond donors (Lipinski definition) is 1. The molecule has 0 aliphatic carbocycles. The number of ether oxygens (including phenoxy) is 1. The monoisotopic (exact) mass is 315 g/mol. The summed E-state index contributed by atoms with van der Waals surface area (Å²) >= 11 is 3.33. The van der Waals surface area contributed by atoms with Gasteiger partial charge < -0.3 is 10.5 Å². The van der Waals surface area contributed by atoms with Gasteiger partial charge in [-0.1, -0.05) is 0 Å². The summed E-state index contributed by atoms with van der Waals surface area (Å²) in [6.45, 7) is 0. The Morgan fingerprint density at radius 2 is 1.95 bits per heavy atom. The zero-order valence-electron chi connectivity index (χ0n) is 9.88. The van der Waals surface area contributed by atoms with Crippen LogP contribution >= 0.6 is 15.9 Å². The molecular weight excluding hydrogens is 306 g/mol. The van der Waals surface area contributed by atoms with E-state index in [9.17, 15) is 0 Å². The molecule has 4 nitrogen and oxygen atoms in total. The number of halogens is 1. The number of nitrogens with zero attached hydrogens (tertiary/aromatic N) is 2. The Labute approximate surface area is 118 Å². The fraction of sp³-hybridized carbons (Fsp3) is 0. The molecule has 2 aromatic heterocycles.